The Kier molecular flexibility index (Phi) is 6.99. The second kappa shape index (κ2) is 8.25. The van der Waals surface area contributed by atoms with Gasteiger partial charge in [-0.15, -0.1) is 0 Å². The van der Waals surface area contributed by atoms with E-state index in [4.69, 9.17) is 14.2 Å². The Labute approximate surface area is 128 Å². The van der Waals surface area contributed by atoms with Crippen LogP contribution in [-0.2, 0) is 4.74 Å². The molecule has 0 bridgehead atoms. The standard InChI is InChI=1S/C17H29NO3/c1-7-10-18-15(12-17(2,3)21-6)14-9-8-13(19-4)11-16(14)20-5/h8-9,11,15,18H,7,10,12H2,1-6H3. The highest BCUT2D eigenvalue weighted by Crippen LogP contribution is 2.34. The van der Waals surface area contributed by atoms with Crippen molar-refractivity contribution in [2.75, 3.05) is 27.9 Å². The molecule has 0 fully saturated rings. The average Bonchev–Trinajstić information content (AvgIpc) is 2.50. The summed E-state index contributed by atoms with van der Waals surface area (Å²) in [4.78, 5) is 0. The molecule has 0 saturated carbocycles. The highest BCUT2D eigenvalue weighted by molar-refractivity contribution is 5.42. The van der Waals surface area contributed by atoms with Crippen molar-refractivity contribution in [1.82, 2.24) is 5.32 Å². The number of hydrogen-bond acceptors (Lipinski definition) is 4. The van der Waals surface area contributed by atoms with E-state index in [1.165, 1.54) is 0 Å². The fourth-order valence-corrected chi connectivity index (χ4v) is 2.29. The summed E-state index contributed by atoms with van der Waals surface area (Å²) in [7, 11) is 5.11. The first kappa shape index (κ1) is 17.8. The zero-order valence-corrected chi connectivity index (χ0v) is 14.2. The monoisotopic (exact) mass is 295 g/mol. The van der Waals surface area contributed by atoms with E-state index < -0.39 is 0 Å². The second-order valence-corrected chi connectivity index (χ2v) is 5.78. The summed E-state index contributed by atoms with van der Waals surface area (Å²) in [5, 5.41) is 3.59. The van der Waals surface area contributed by atoms with Crippen molar-refractivity contribution < 1.29 is 14.2 Å². The SMILES string of the molecule is CCCNC(CC(C)(C)OC)c1ccc(OC)cc1OC. The predicted molar refractivity (Wildman–Crippen MR) is 86.3 cm³/mol. The van der Waals surface area contributed by atoms with E-state index in [9.17, 15) is 0 Å². The smallest absolute Gasteiger partial charge is 0.127 e. The van der Waals surface area contributed by atoms with Crippen molar-refractivity contribution in [2.24, 2.45) is 0 Å². The summed E-state index contributed by atoms with van der Waals surface area (Å²) in [6, 6.07) is 6.14. The van der Waals surface area contributed by atoms with Gasteiger partial charge in [0.25, 0.3) is 0 Å². The molecule has 0 radical (unpaired) electrons. The molecule has 1 rings (SSSR count). The predicted octanol–water partition coefficient (Wildman–Crippen LogP) is 3.56. The maximum atomic E-state index is 5.58. The topological polar surface area (TPSA) is 39.7 Å². The van der Waals surface area contributed by atoms with Crippen molar-refractivity contribution in [3.8, 4) is 11.5 Å². The molecular formula is C17H29NO3. The second-order valence-electron chi connectivity index (χ2n) is 5.78. The molecule has 4 nitrogen and oxygen atoms in total. The van der Waals surface area contributed by atoms with Crippen LogP contribution in [0.15, 0.2) is 18.2 Å². The first-order valence-corrected chi connectivity index (χ1v) is 7.47. The largest absolute Gasteiger partial charge is 0.497 e. The lowest BCUT2D eigenvalue weighted by atomic mass is 9.92. The van der Waals surface area contributed by atoms with E-state index in [1.54, 1.807) is 21.3 Å². The number of hydrogen-bond donors (Lipinski definition) is 1. The van der Waals surface area contributed by atoms with Gasteiger partial charge in [-0.25, -0.2) is 0 Å². The van der Waals surface area contributed by atoms with E-state index in [0.29, 0.717) is 0 Å². The number of rotatable bonds is 9. The first-order chi connectivity index (χ1) is 9.97. The minimum atomic E-state index is -0.198. The molecule has 120 valence electrons. The Morgan fingerprint density at radius 1 is 1.14 bits per heavy atom. The summed E-state index contributed by atoms with van der Waals surface area (Å²) >= 11 is 0. The van der Waals surface area contributed by atoms with Crippen LogP contribution in [0.4, 0.5) is 0 Å². The maximum Gasteiger partial charge on any atom is 0.127 e. The van der Waals surface area contributed by atoms with Gasteiger partial charge < -0.3 is 19.5 Å². The first-order valence-electron chi connectivity index (χ1n) is 7.47. The molecule has 21 heavy (non-hydrogen) atoms. The van der Waals surface area contributed by atoms with E-state index in [0.717, 1.165) is 36.4 Å². The van der Waals surface area contributed by atoms with E-state index >= 15 is 0 Å². The third-order valence-electron chi connectivity index (χ3n) is 3.71. The van der Waals surface area contributed by atoms with Crippen LogP contribution in [0, 0.1) is 0 Å². The third kappa shape index (κ3) is 5.21. The van der Waals surface area contributed by atoms with Gasteiger partial charge in [-0.05, 0) is 39.3 Å². The molecule has 0 heterocycles. The van der Waals surface area contributed by atoms with Gasteiger partial charge in [0.05, 0.1) is 19.8 Å². The van der Waals surface area contributed by atoms with Crippen molar-refractivity contribution in [2.45, 2.75) is 45.3 Å². The molecule has 1 atom stereocenters. The molecule has 0 saturated heterocycles. The van der Waals surface area contributed by atoms with E-state index in [-0.39, 0.29) is 11.6 Å². The normalized spacial score (nSPS) is 13.0. The Hall–Kier alpha value is -1.26. The van der Waals surface area contributed by atoms with Crippen molar-refractivity contribution >= 4 is 0 Å². The summed E-state index contributed by atoms with van der Waals surface area (Å²) in [6.45, 7) is 7.32. The third-order valence-corrected chi connectivity index (χ3v) is 3.71. The fraction of sp³-hybridized carbons (Fsp3) is 0.647. The molecule has 0 aliphatic heterocycles. The van der Waals surface area contributed by atoms with Crippen molar-refractivity contribution in [3.63, 3.8) is 0 Å². The molecule has 1 aromatic rings. The van der Waals surface area contributed by atoms with Crippen LogP contribution in [0.3, 0.4) is 0 Å². The molecule has 0 amide bonds. The molecule has 1 unspecified atom stereocenters. The highest BCUT2D eigenvalue weighted by atomic mass is 16.5. The summed E-state index contributed by atoms with van der Waals surface area (Å²) in [6.07, 6.45) is 1.95. The Balaban J connectivity index is 3.06. The van der Waals surface area contributed by atoms with E-state index in [1.807, 2.05) is 12.1 Å². The van der Waals surface area contributed by atoms with Gasteiger partial charge in [-0.2, -0.15) is 0 Å². The van der Waals surface area contributed by atoms with Gasteiger partial charge in [-0.3, -0.25) is 0 Å². The average molecular weight is 295 g/mol. The van der Waals surface area contributed by atoms with Gasteiger partial charge in [0.2, 0.25) is 0 Å². The van der Waals surface area contributed by atoms with Gasteiger partial charge in [0.15, 0.2) is 0 Å². The van der Waals surface area contributed by atoms with Crippen molar-refractivity contribution in [1.29, 1.82) is 0 Å². The Morgan fingerprint density at radius 3 is 2.38 bits per heavy atom. The summed E-state index contributed by atoms with van der Waals surface area (Å²) < 4.78 is 16.4. The van der Waals surface area contributed by atoms with Crippen LogP contribution in [0.25, 0.3) is 0 Å². The number of nitrogens with one attached hydrogen (secondary N) is 1. The number of methoxy groups -OCH3 is 3. The van der Waals surface area contributed by atoms with E-state index in [2.05, 4.69) is 32.2 Å². The lowest BCUT2D eigenvalue weighted by Crippen LogP contribution is -2.32. The van der Waals surface area contributed by atoms with Crippen LogP contribution >= 0.6 is 0 Å². The quantitative estimate of drug-likeness (QED) is 0.756. The molecule has 1 aromatic carbocycles. The highest BCUT2D eigenvalue weighted by Gasteiger charge is 2.25. The van der Waals surface area contributed by atoms with Gasteiger partial charge in [-0.1, -0.05) is 13.0 Å². The van der Waals surface area contributed by atoms with Crippen LogP contribution in [0.1, 0.15) is 45.2 Å². The molecule has 0 aliphatic carbocycles. The molecule has 0 aliphatic rings. The van der Waals surface area contributed by atoms with Gasteiger partial charge in [0.1, 0.15) is 11.5 Å². The summed E-state index contributed by atoms with van der Waals surface area (Å²) in [5.74, 6) is 1.64. The molecule has 0 spiro atoms. The maximum absolute atomic E-state index is 5.58. The number of ether oxygens (including phenoxy) is 3. The lowest BCUT2D eigenvalue weighted by Gasteiger charge is -2.30. The van der Waals surface area contributed by atoms with Crippen LogP contribution < -0.4 is 14.8 Å². The zero-order valence-electron chi connectivity index (χ0n) is 14.2. The van der Waals surface area contributed by atoms with Crippen molar-refractivity contribution in [3.05, 3.63) is 23.8 Å². The van der Waals surface area contributed by atoms with Gasteiger partial charge in [0, 0.05) is 24.8 Å². The molecule has 1 N–H and O–H groups in total. The molecule has 4 heteroatoms. The lowest BCUT2D eigenvalue weighted by molar-refractivity contribution is 0.00668. The molecular weight excluding hydrogens is 266 g/mol. The van der Waals surface area contributed by atoms with Crippen LogP contribution in [-0.4, -0.2) is 33.5 Å². The Bertz CT molecular complexity index is 432. The molecule has 0 aromatic heterocycles. The van der Waals surface area contributed by atoms with Gasteiger partial charge >= 0.3 is 0 Å². The van der Waals surface area contributed by atoms with Crippen LogP contribution in [0.5, 0.6) is 11.5 Å². The summed E-state index contributed by atoms with van der Waals surface area (Å²) in [5.41, 5.74) is 0.938. The minimum absolute atomic E-state index is 0.181. The fourth-order valence-electron chi connectivity index (χ4n) is 2.29. The number of benzene rings is 1. The Morgan fingerprint density at radius 2 is 1.86 bits per heavy atom. The minimum Gasteiger partial charge on any atom is -0.497 e. The van der Waals surface area contributed by atoms with Crippen LogP contribution in [0.2, 0.25) is 0 Å². The zero-order chi connectivity index (χ0) is 15.9.